The minimum absolute atomic E-state index is 0.0806. The average Bonchev–Trinajstić information content (AvgIpc) is 2.57. The van der Waals surface area contributed by atoms with E-state index in [0.29, 0.717) is 13.2 Å². The van der Waals surface area contributed by atoms with Crippen molar-refractivity contribution in [2.75, 3.05) is 18.5 Å². The predicted octanol–water partition coefficient (Wildman–Crippen LogP) is 1.46. The second-order valence-corrected chi connectivity index (χ2v) is 5.20. The van der Waals surface area contributed by atoms with Crippen molar-refractivity contribution in [3.05, 3.63) is 43.0 Å². The molecule has 114 valence electrons. The molecule has 1 aromatic carbocycles. The highest BCUT2D eigenvalue weighted by Crippen LogP contribution is 2.20. The highest BCUT2D eigenvalue weighted by atomic mass is 16.5. The van der Waals surface area contributed by atoms with Gasteiger partial charge >= 0.3 is 0 Å². The van der Waals surface area contributed by atoms with Crippen LogP contribution in [0.3, 0.4) is 0 Å². The van der Waals surface area contributed by atoms with Gasteiger partial charge in [0.2, 0.25) is 5.91 Å². The molecule has 0 aliphatic carbocycles. The van der Waals surface area contributed by atoms with Crippen LogP contribution in [-0.2, 0) is 9.53 Å². The zero-order valence-corrected chi connectivity index (χ0v) is 12.3. The number of nitrogens with zero attached hydrogens (tertiary/aromatic N) is 2. The molecule has 6 nitrogen and oxygen atoms in total. The Hall–Kier alpha value is -2.31. The lowest BCUT2D eigenvalue weighted by Crippen LogP contribution is -2.53. The van der Waals surface area contributed by atoms with E-state index in [4.69, 9.17) is 4.74 Å². The summed E-state index contributed by atoms with van der Waals surface area (Å²) in [5.74, 6) is -0.0806. The molecule has 1 amide bonds. The first-order valence-electron chi connectivity index (χ1n) is 7.25. The Balaban J connectivity index is 1.67. The molecular formula is C16H18N4O2. The molecule has 0 saturated carbocycles. The van der Waals surface area contributed by atoms with Gasteiger partial charge in [0, 0.05) is 30.2 Å². The van der Waals surface area contributed by atoms with Crippen molar-refractivity contribution in [1.29, 1.82) is 0 Å². The molecule has 1 aliphatic heterocycles. The molecule has 2 heterocycles. The third kappa shape index (κ3) is 3.29. The molecule has 2 aromatic rings. The van der Waals surface area contributed by atoms with Gasteiger partial charge in [-0.25, -0.2) is 9.97 Å². The highest BCUT2D eigenvalue weighted by Gasteiger charge is 2.28. The van der Waals surface area contributed by atoms with Gasteiger partial charge in [0.05, 0.1) is 12.7 Å². The first-order chi connectivity index (χ1) is 10.7. The Morgan fingerprint density at radius 2 is 1.95 bits per heavy atom. The molecule has 6 heteroatoms. The SMILES string of the molecule is C[C@H]1OCCN[C@@H]1C(=O)Nc1ccc(-c2cncnc2)cc1. The Morgan fingerprint density at radius 3 is 2.64 bits per heavy atom. The summed E-state index contributed by atoms with van der Waals surface area (Å²) in [6, 6.07) is 7.28. The molecule has 1 saturated heterocycles. The molecule has 22 heavy (non-hydrogen) atoms. The number of amides is 1. The summed E-state index contributed by atoms with van der Waals surface area (Å²) in [4.78, 5) is 20.3. The molecule has 0 spiro atoms. The summed E-state index contributed by atoms with van der Waals surface area (Å²) in [6.07, 6.45) is 4.88. The maximum absolute atomic E-state index is 12.3. The number of morpholine rings is 1. The van der Waals surface area contributed by atoms with Crippen LogP contribution >= 0.6 is 0 Å². The van der Waals surface area contributed by atoms with Crippen LogP contribution in [-0.4, -0.2) is 41.2 Å². The van der Waals surface area contributed by atoms with E-state index in [1.54, 1.807) is 12.4 Å². The number of anilines is 1. The number of carbonyl (C=O) groups is 1. The summed E-state index contributed by atoms with van der Waals surface area (Å²) in [7, 11) is 0. The fourth-order valence-electron chi connectivity index (χ4n) is 2.44. The molecule has 1 aliphatic rings. The Bertz CT molecular complexity index is 630. The number of nitrogens with one attached hydrogen (secondary N) is 2. The largest absolute Gasteiger partial charge is 0.375 e. The highest BCUT2D eigenvalue weighted by molar-refractivity contribution is 5.95. The second-order valence-electron chi connectivity index (χ2n) is 5.20. The standard InChI is InChI=1S/C16H18N4O2/c1-11-15(19-6-7-22-11)16(21)20-14-4-2-12(3-5-14)13-8-17-10-18-9-13/h2-5,8-11,15,19H,6-7H2,1H3,(H,20,21)/t11-,15+/m1/s1. The summed E-state index contributed by atoms with van der Waals surface area (Å²) < 4.78 is 5.49. The Kier molecular flexibility index (Phi) is 4.41. The smallest absolute Gasteiger partial charge is 0.244 e. The van der Waals surface area contributed by atoms with E-state index in [1.807, 2.05) is 31.2 Å². The van der Waals surface area contributed by atoms with Crippen molar-refractivity contribution >= 4 is 11.6 Å². The van der Waals surface area contributed by atoms with Gasteiger partial charge in [0.15, 0.2) is 0 Å². The van der Waals surface area contributed by atoms with Gasteiger partial charge < -0.3 is 15.4 Å². The van der Waals surface area contributed by atoms with Crippen LogP contribution in [0.4, 0.5) is 5.69 Å². The average molecular weight is 298 g/mol. The van der Waals surface area contributed by atoms with Gasteiger partial charge in [-0.2, -0.15) is 0 Å². The third-order valence-corrected chi connectivity index (χ3v) is 3.65. The number of benzene rings is 1. The fraction of sp³-hybridized carbons (Fsp3) is 0.312. The first-order valence-corrected chi connectivity index (χ1v) is 7.25. The topological polar surface area (TPSA) is 76.1 Å². The summed E-state index contributed by atoms with van der Waals surface area (Å²) >= 11 is 0. The van der Waals surface area contributed by atoms with Crippen molar-refractivity contribution in [1.82, 2.24) is 15.3 Å². The lowest BCUT2D eigenvalue weighted by atomic mass is 10.1. The Labute approximate surface area is 128 Å². The molecule has 0 unspecified atom stereocenters. The van der Waals surface area contributed by atoms with Crippen molar-refractivity contribution in [2.24, 2.45) is 0 Å². The van der Waals surface area contributed by atoms with Crippen LogP contribution in [0.1, 0.15) is 6.92 Å². The summed E-state index contributed by atoms with van der Waals surface area (Å²) in [5, 5.41) is 6.08. The van der Waals surface area contributed by atoms with Crippen molar-refractivity contribution < 1.29 is 9.53 Å². The van der Waals surface area contributed by atoms with Crippen LogP contribution in [0.15, 0.2) is 43.0 Å². The maximum atomic E-state index is 12.3. The van der Waals surface area contributed by atoms with E-state index in [9.17, 15) is 4.79 Å². The van der Waals surface area contributed by atoms with E-state index in [1.165, 1.54) is 6.33 Å². The number of hydrogen-bond acceptors (Lipinski definition) is 5. The van der Waals surface area contributed by atoms with Gasteiger partial charge in [-0.05, 0) is 24.6 Å². The van der Waals surface area contributed by atoms with Crippen LogP contribution in [0, 0.1) is 0 Å². The van der Waals surface area contributed by atoms with Crippen molar-refractivity contribution in [3.63, 3.8) is 0 Å². The normalized spacial score (nSPS) is 21.3. The first kappa shape index (κ1) is 14.6. The fourth-order valence-corrected chi connectivity index (χ4v) is 2.44. The van der Waals surface area contributed by atoms with Crippen LogP contribution in [0.2, 0.25) is 0 Å². The Morgan fingerprint density at radius 1 is 1.23 bits per heavy atom. The number of aromatic nitrogens is 2. The van der Waals surface area contributed by atoms with Gasteiger partial charge in [-0.3, -0.25) is 4.79 Å². The van der Waals surface area contributed by atoms with Crippen molar-refractivity contribution in [2.45, 2.75) is 19.1 Å². The van der Waals surface area contributed by atoms with Gasteiger partial charge in [0.25, 0.3) is 0 Å². The number of rotatable bonds is 3. The van der Waals surface area contributed by atoms with E-state index < -0.39 is 0 Å². The van der Waals surface area contributed by atoms with E-state index in [0.717, 1.165) is 16.8 Å². The van der Waals surface area contributed by atoms with Crippen LogP contribution in [0.25, 0.3) is 11.1 Å². The number of hydrogen-bond donors (Lipinski definition) is 2. The summed E-state index contributed by atoms with van der Waals surface area (Å²) in [6.45, 7) is 3.23. The van der Waals surface area contributed by atoms with Gasteiger partial charge in [-0.15, -0.1) is 0 Å². The van der Waals surface area contributed by atoms with E-state index in [2.05, 4.69) is 20.6 Å². The van der Waals surface area contributed by atoms with E-state index >= 15 is 0 Å². The number of ether oxygens (including phenoxy) is 1. The van der Waals surface area contributed by atoms with Crippen LogP contribution < -0.4 is 10.6 Å². The third-order valence-electron chi connectivity index (χ3n) is 3.65. The molecule has 2 atom stereocenters. The quantitative estimate of drug-likeness (QED) is 0.897. The van der Waals surface area contributed by atoms with Gasteiger partial charge in [-0.1, -0.05) is 12.1 Å². The molecule has 0 radical (unpaired) electrons. The monoisotopic (exact) mass is 298 g/mol. The lowest BCUT2D eigenvalue weighted by molar-refractivity contribution is -0.123. The molecule has 1 aromatic heterocycles. The lowest BCUT2D eigenvalue weighted by Gasteiger charge is -2.29. The van der Waals surface area contributed by atoms with Crippen molar-refractivity contribution in [3.8, 4) is 11.1 Å². The number of carbonyl (C=O) groups excluding carboxylic acids is 1. The summed E-state index contributed by atoms with van der Waals surface area (Å²) in [5.41, 5.74) is 2.70. The molecule has 3 rings (SSSR count). The minimum Gasteiger partial charge on any atom is -0.375 e. The van der Waals surface area contributed by atoms with Gasteiger partial charge in [0.1, 0.15) is 12.4 Å². The zero-order chi connectivity index (χ0) is 15.4. The zero-order valence-electron chi connectivity index (χ0n) is 12.3. The minimum atomic E-state index is -0.323. The molecule has 2 N–H and O–H groups in total. The second kappa shape index (κ2) is 6.64. The van der Waals surface area contributed by atoms with E-state index in [-0.39, 0.29) is 18.1 Å². The predicted molar refractivity (Wildman–Crippen MR) is 83.3 cm³/mol. The molecular weight excluding hydrogens is 280 g/mol. The maximum Gasteiger partial charge on any atom is 0.244 e. The molecule has 0 bridgehead atoms. The molecule has 1 fully saturated rings. The van der Waals surface area contributed by atoms with Crippen LogP contribution in [0.5, 0.6) is 0 Å².